The van der Waals surface area contributed by atoms with Gasteiger partial charge in [0.25, 0.3) is 0 Å². The van der Waals surface area contributed by atoms with Crippen molar-refractivity contribution in [1.29, 1.82) is 0 Å². The smallest absolute Gasteiger partial charge is 0.133 e. The van der Waals surface area contributed by atoms with Crippen LogP contribution >= 0.6 is 24.8 Å². The zero-order valence-corrected chi connectivity index (χ0v) is 13.3. The van der Waals surface area contributed by atoms with Gasteiger partial charge in [-0.2, -0.15) is 0 Å². The normalized spacial score (nSPS) is 19.9. The molecule has 0 atom stereocenters. The summed E-state index contributed by atoms with van der Waals surface area (Å²) in [5.41, 5.74) is 7.73. The third-order valence-corrected chi connectivity index (χ3v) is 3.41. The first-order chi connectivity index (χ1) is 9.20. The van der Waals surface area contributed by atoms with E-state index >= 15 is 0 Å². The Morgan fingerprint density at radius 1 is 1.29 bits per heavy atom. The van der Waals surface area contributed by atoms with Crippen molar-refractivity contribution in [2.75, 3.05) is 5.32 Å². The first-order valence-electron chi connectivity index (χ1n) is 6.44. The molecule has 2 aromatic heterocycles. The molecule has 1 aliphatic carbocycles. The Morgan fingerprint density at radius 2 is 2.05 bits per heavy atom. The molecule has 116 valence electrons. The Hall–Kier alpha value is -1.37. The van der Waals surface area contributed by atoms with Gasteiger partial charge < -0.3 is 15.6 Å². The molecule has 0 aliphatic heterocycles. The SMILES string of the molecule is Cc1cc(CNc2cc(C3CC(N)C3)ncn2)no1.Cl.Cl. The first-order valence-corrected chi connectivity index (χ1v) is 6.44. The second-order valence-electron chi connectivity index (χ2n) is 5.04. The molecule has 2 aromatic rings. The number of hydrogen-bond donors (Lipinski definition) is 2. The third-order valence-electron chi connectivity index (χ3n) is 3.41. The molecule has 8 heteroatoms. The van der Waals surface area contributed by atoms with Crippen molar-refractivity contribution >= 4 is 30.6 Å². The second-order valence-corrected chi connectivity index (χ2v) is 5.04. The molecule has 3 rings (SSSR count). The van der Waals surface area contributed by atoms with Crippen molar-refractivity contribution in [3.63, 3.8) is 0 Å². The molecule has 0 spiro atoms. The highest BCUT2D eigenvalue weighted by Crippen LogP contribution is 2.34. The first kappa shape index (κ1) is 17.7. The summed E-state index contributed by atoms with van der Waals surface area (Å²) in [6.45, 7) is 2.47. The number of nitrogens with one attached hydrogen (secondary N) is 1. The van der Waals surface area contributed by atoms with Crippen LogP contribution < -0.4 is 11.1 Å². The Labute approximate surface area is 135 Å². The lowest BCUT2D eigenvalue weighted by molar-refractivity contribution is 0.345. The van der Waals surface area contributed by atoms with Crippen LogP contribution in [0, 0.1) is 6.92 Å². The van der Waals surface area contributed by atoms with Gasteiger partial charge in [-0.1, -0.05) is 5.16 Å². The van der Waals surface area contributed by atoms with E-state index in [0.717, 1.165) is 35.8 Å². The summed E-state index contributed by atoms with van der Waals surface area (Å²) in [4.78, 5) is 8.52. The fraction of sp³-hybridized carbons (Fsp3) is 0.462. The summed E-state index contributed by atoms with van der Waals surface area (Å²) < 4.78 is 5.02. The molecule has 1 saturated carbocycles. The van der Waals surface area contributed by atoms with Crippen LogP contribution in [0.3, 0.4) is 0 Å². The summed E-state index contributed by atoms with van der Waals surface area (Å²) in [5, 5.41) is 7.15. The number of nitrogens with two attached hydrogens (primary N) is 1. The van der Waals surface area contributed by atoms with Crippen LogP contribution in [-0.2, 0) is 6.54 Å². The van der Waals surface area contributed by atoms with E-state index in [1.807, 2.05) is 19.1 Å². The zero-order chi connectivity index (χ0) is 13.2. The lowest BCUT2D eigenvalue weighted by Gasteiger charge is -2.31. The monoisotopic (exact) mass is 331 g/mol. The van der Waals surface area contributed by atoms with Gasteiger partial charge >= 0.3 is 0 Å². The van der Waals surface area contributed by atoms with Gasteiger partial charge in [-0.25, -0.2) is 9.97 Å². The van der Waals surface area contributed by atoms with E-state index < -0.39 is 0 Å². The standard InChI is InChI=1S/C13H17N5O.2ClH/c1-8-2-11(18-19-8)6-15-13-5-12(16-7-17-13)9-3-10(14)4-9;;/h2,5,7,9-10H,3-4,6,14H2,1H3,(H,15,16,17);2*1H. The highest BCUT2D eigenvalue weighted by Gasteiger charge is 2.28. The highest BCUT2D eigenvalue weighted by atomic mass is 35.5. The van der Waals surface area contributed by atoms with E-state index in [9.17, 15) is 0 Å². The number of aryl methyl sites for hydroxylation is 1. The van der Waals surface area contributed by atoms with Crippen LogP contribution in [-0.4, -0.2) is 21.2 Å². The van der Waals surface area contributed by atoms with Crippen molar-refractivity contribution in [2.45, 2.75) is 38.3 Å². The van der Waals surface area contributed by atoms with E-state index in [1.165, 1.54) is 0 Å². The molecule has 0 amide bonds. The molecule has 2 heterocycles. The number of hydrogen-bond acceptors (Lipinski definition) is 6. The summed E-state index contributed by atoms with van der Waals surface area (Å²) in [5.74, 6) is 2.10. The average molecular weight is 332 g/mol. The Morgan fingerprint density at radius 3 is 2.67 bits per heavy atom. The Kier molecular flexibility index (Phi) is 6.39. The van der Waals surface area contributed by atoms with Crippen LogP contribution in [0.1, 0.15) is 35.9 Å². The van der Waals surface area contributed by atoms with Crippen molar-refractivity contribution in [2.24, 2.45) is 5.73 Å². The van der Waals surface area contributed by atoms with Gasteiger partial charge in [-0.15, -0.1) is 24.8 Å². The Bertz CT molecular complexity index is 571. The van der Waals surface area contributed by atoms with E-state index in [4.69, 9.17) is 10.3 Å². The van der Waals surface area contributed by atoms with Gasteiger partial charge in [0.05, 0.1) is 6.54 Å². The fourth-order valence-corrected chi connectivity index (χ4v) is 2.28. The molecular formula is C13H19Cl2N5O. The van der Waals surface area contributed by atoms with Crippen LogP contribution in [0.5, 0.6) is 0 Å². The van der Waals surface area contributed by atoms with Crippen LogP contribution in [0.25, 0.3) is 0 Å². The molecule has 0 bridgehead atoms. The number of rotatable bonds is 4. The van der Waals surface area contributed by atoms with Crippen LogP contribution in [0.4, 0.5) is 5.82 Å². The molecule has 0 saturated heterocycles. The maximum atomic E-state index is 5.80. The minimum absolute atomic E-state index is 0. The number of halogens is 2. The molecule has 0 aromatic carbocycles. The van der Waals surface area contributed by atoms with Gasteiger partial charge in [-0.3, -0.25) is 0 Å². The number of nitrogens with zero attached hydrogens (tertiary/aromatic N) is 3. The van der Waals surface area contributed by atoms with Crippen molar-refractivity contribution < 1.29 is 4.52 Å². The van der Waals surface area contributed by atoms with Crippen LogP contribution in [0.15, 0.2) is 23.0 Å². The topological polar surface area (TPSA) is 89.9 Å². The minimum atomic E-state index is 0. The second kappa shape index (κ2) is 7.59. The summed E-state index contributed by atoms with van der Waals surface area (Å²) in [6.07, 6.45) is 3.62. The van der Waals surface area contributed by atoms with E-state index in [-0.39, 0.29) is 24.8 Å². The average Bonchev–Trinajstić information content (AvgIpc) is 2.79. The fourth-order valence-electron chi connectivity index (χ4n) is 2.28. The van der Waals surface area contributed by atoms with Gasteiger partial charge in [-0.05, 0) is 19.8 Å². The predicted molar refractivity (Wildman–Crippen MR) is 85.0 cm³/mol. The lowest BCUT2D eigenvalue weighted by Crippen LogP contribution is -2.35. The van der Waals surface area contributed by atoms with Crippen molar-refractivity contribution in [1.82, 2.24) is 15.1 Å². The summed E-state index contributed by atoms with van der Waals surface area (Å²) in [6, 6.07) is 4.22. The molecule has 3 N–H and O–H groups in total. The highest BCUT2D eigenvalue weighted by molar-refractivity contribution is 5.85. The van der Waals surface area contributed by atoms with Gasteiger partial charge in [0, 0.05) is 29.8 Å². The molecule has 1 fully saturated rings. The van der Waals surface area contributed by atoms with E-state index in [2.05, 4.69) is 20.4 Å². The maximum absolute atomic E-state index is 5.80. The largest absolute Gasteiger partial charge is 0.364 e. The quantitative estimate of drug-likeness (QED) is 0.894. The summed E-state index contributed by atoms with van der Waals surface area (Å²) >= 11 is 0. The molecule has 0 unspecified atom stereocenters. The summed E-state index contributed by atoms with van der Waals surface area (Å²) in [7, 11) is 0. The molecule has 6 nitrogen and oxygen atoms in total. The van der Waals surface area contributed by atoms with E-state index in [0.29, 0.717) is 18.5 Å². The lowest BCUT2D eigenvalue weighted by atomic mass is 9.79. The molecular weight excluding hydrogens is 313 g/mol. The van der Waals surface area contributed by atoms with Gasteiger partial charge in [0.15, 0.2) is 0 Å². The van der Waals surface area contributed by atoms with Gasteiger partial charge in [0.2, 0.25) is 0 Å². The molecule has 1 aliphatic rings. The van der Waals surface area contributed by atoms with Crippen molar-refractivity contribution in [3.05, 3.63) is 35.6 Å². The van der Waals surface area contributed by atoms with Gasteiger partial charge in [0.1, 0.15) is 23.6 Å². The predicted octanol–water partition coefficient (Wildman–Crippen LogP) is 2.43. The van der Waals surface area contributed by atoms with E-state index in [1.54, 1.807) is 6.33 Å². The number of anilines is 1. The molecule has 21 heavy (non-hydrogen) atoms. The van der Waals surface area contributed by atoms with Crippen LogP contribution in [0.2, 0.25) is 0 Å². The number of aromatic nitrogens is 3. The molecule has 0 radical (unpaired) electrons. The maximum Gasteiger partial charge on any atom is 0.133 e. The zero-order valence-electron chi connectivity index (χ0n) is 11.7. The van der Waals surface area contributed by atoms with Crippen molar-refractivity contribution in [3.8, 4) is 0 Å². The third kappa shape index (κ3) is 4.30. The minimum Gasteiger partial charge on any atom is -0.364 e. The Balaban J connectivity index is 0.00000110.